The van der Waals surface area contributed by atoms with Gasteiger partial charge in [-0.05, 0) is 11.4 Å². The molecule has 1 fully saturated rings. The molecule has 1 saturated heterocycles. The van der Waals surface area contributed by atoms with Gasteiger partial charge in [0.1, 0.15) is 0 Å². The first-order valence-corrected chi connectivity index (χ1v) is 8.15. The Labute approximate surface area is 104 Å². The summed E-state index contributed by atoms with van der Waals surface area (Å²) in [6.45, 7) is 3.34. The monoisotopic (exact) mass is 280 g/mol. The third-order valence-corrected chi connectivity index (χ3v) is 5.03. The van der Waals surface area contributed by atoms with E-state index in [2.05, 4.69) is 16.3 Å². The highest BCUT2D eigenvalue weighted by Crippen LogP contribution is 2.15. The van der Waals surface area contributed by atoms with Crippen molar-refractivity contribution in [2.75, 3.05) is 26.2 Å². The van der Waals surface area contributed by atoms with Crippen LogP contribution >= 0.6 is 22.0 Å². The zero-order valence-corrected chi connectivity index (χ0v) is 11.1. The summed E-state index contributed by atoms with van der Waals surface area (Å²) in [5, 5.41) is 2.05. The van der Waals surface area contributed by atoms with Crippen molar-refractivity contribution in [3.63, 3.8) is 0 Å². The van der Waals surface area contributed by atoms with E-state index in [0.717, 1.165) is 19.6 Å². The Balaban J connectivity index is 1.86. The van der Waals surface area contributed by atoms with E-state index in [1.165, 1.54) is 9.18 Å². The Morgan fingerprint density at radius 2 is 2.00 bits per heavy atom. The number of piperazine rings is 1. The van der Waals surface area contributed by atoms with Crippen LogP contribution < -0.4 is 0 Å². The largest absolute Gasteiger partial charge is 0.299 e. The van der Waals surface area contributed by atoms with Gasteiger partial charge >= 0.3 is 0 Å². The summed E-state index contributed by atoms with van der Waals surface area (Å²) in [5.74, 6) is 0. The van der Waals surface area contributed by atoms with Gasteiger partial charge in [-0.15, -0.1) is 11.3 Å². The van der Waals surface area contributed by atoms with Gasteiger partial charge in [0.25, 0.3) is 9.24 Å². The van der Waals surface area contributed by atoms with Gasteiger partial charge in [0.2, 0.25) is 0 Å². The molecule has 1 aliphatic rings. The van der Waals surface area contributed by atoms with Crippen LogP contribution in [0.25, 0.3) is 0 Å². The summed E-state index contributed by atoms with van der Waals surface area (Å²) < 4.78 is 23.5. The molecule has 1 aliphatic heterocycles. The number of thiophene rings is 1. The summed E-state index contributed by atoms with van der Waals surface area (Å²) in [7, 11) is 1.75. The lowest BCUT2D eigenvalue weighted by molar-refractivity contribution is 0.184. The fourth-order valence-corrected chi connectivity index (χ4v) is 3.49. The van der Waals surface area contributed by atoms with Gasteiger partial charge in [-0.1, -0.05) is 6.07 Å². The van der Waals surface area contributed by atoms with Crippen molar-refractivity contribution in [3.05, 3.63) is 22.4 Å². The van der Waals surface area contributed by atoms with Crippen LogP contribution in [0.3, 0.4) is 0 Å². The van der Waals surface area contributed by atoms with Crippen LogP contribution in [0.4, 0.5) is 0 Å². The first-order chi connectivity index (χ1) is 7.55. The number of halogens is 1. The maximum Gasteiger partial charge on any atom is 0.299 e. The summed E-state index contributed by atoms with van der Waals surface area (Å²) >= 11 is 1.72. The lowest BCUT2D eigenvalue weighted by Gasteiger charge is -2.32. The molecule has 16 heavy (non-hydrogen) atoms. The fraction of sp³-hybridized carbons (Fsp3) is 0.556. The van der Waals surface area contributed by atoms with Crippen LogP contribution in [0.15, 0.2) is 17.5 Å². The Morgan fingerprint density at radius 1 is 1.31 bits per heavy atom. The molecule has 1 aromatic rings. The van der Waals surface area contributed by atoms with Gasteiger partial charge < -0.3 is 0 Å². The molecule has 0 saturated carbocycles. The lowest BCUT2D eigenvalue weighted by Crippen LogP contribution is -2.46. The maximum absolute atomic E-state index is 11.1. The summed E-state index contributed by atoms with van der Waals surface area (Å²) in [4.78, 5) is 3.55. The molecule has 0 aliphatic carbocycles. The lowest BCUT2D eigenvalue weighted by atomic mass is 10.3. The van der Waals surface area contributed by atoms with E-state index < -0.39 is 9.24 Å². The van der Waals surface area contributed by atoms with Crippen molar-refractivity contribution in [3.8, 4) is 0 Å². The minimum atomic E-state index is -3.53. The minimum Gasteiger partial charge on any atom is -0.296 e. The second kappa shape index (κ2) is 5.01. The Hall–Kier alpha value is -0.140. The molecule has 2 heterocycles. The molecule has 0 spiro atoms. The molecule has 1 aromatic heterocycles. The van der Waals surface area contributed by atoms with Crippen molar-refractivity contribution >= 4 is 31.3 Å². The smallest absolute Gasteiger partial charge is 0.296 e. The highest BCUT2D eigenvalue weighted by atomic mass is 35.7. The molecule has 0 atom stereocenters. The van der Waals surface area contributed by atoms with E-state index in [9.17, 15) is 8.42 Å². The quantitative estimate of drug-likeness (QED) is 0.785. The van der Waals surface area contributed by atoms with Crippen LogP contribution in [0.1, 0.15) is 4.88 Å². The molecular weight excluding hydrogens is 268 g/mol. The molecule has 0 radical (unpaired) electrons. The number of nitrogens with zero attached hydrogens (tertiary/aromatic N) is 2. The van der Waals surface area contributed by atoms with Crippen LogP contribution in [-0.4, -0.2) is 43.8 Å². The van der Waals surface area contributed by atoms with Crippen molar-refractivity contribution < 1.29 is 8.42 Å². The summed E-state index contributed by atoms with van der Waals surface area (Å²) in [6, 6.07) is 4.12. The van der Waals surface area contributed by atoms with Gasteiger partial charge in [-0.25, -0.2) is 0 Å². The highest BCUT2D eigenvalue weighted by molar-refractivity contribution is 8.11. The van der Waals surface area contributed by atoms with E-state index >= 15 is 0 Å². The van der Waals surface area contributed by atoms with Gasteiger partial charge in [0, 0.05) is 48.3 Å². The second-order valence-corrected chi connectivity index (χ2v) is 7.24. The summed E-state index contributed by atoms with van der Waals surface area (Å²) in [5.41, 5.74) is 0. The predicted octanol–water partition coefficient (Wildman–Crippen LogP) is 1.35. The van der Waals surface area contributed by atoms with Crippen molar-refractivity contribution in [2.45, 2.75) is 6.54 Å². The van der Waals surface area contributed by atoms with E-state index in [0.29, 0.717) is 13.1 Å². The maximum atomic E-state index is 11.1. The topological polar surface area (TPSA) is 40.6 Å². The average Bonchev–Trinajstić information content (AvgIpc) is 2.70. The fourth-order valence-electron chi connectivity index (χ4n) is 1.73. The first kappa shape index (κ1) is 12.3. The molecule has 4 nitrogen and oxygen atoms in total. The van der Waals surface area contributed by atoms with Crippen LogP contribution in [0.2, 0.25) is 0 Å². The third kappa shape index (κ3) is 3.18. The van der Waals surface area contributed by atoms with E-state index in [1.54, 1.807) is 11.3 Å². The van der Waals surface area contributed by atoms with Crippen molar-refractivity contribution in [1.29, 1.82) is 0 Å². The number of rotatable bonds is 3. The first-order valence-electron chi connectivity index (χ1n) is 5.00. The van der Waals surface area contributed by atoms with E-state index in [4.69, 9.17) is 10.7 Å². The molecule has 2 rings (SSSR count). The molecular formula is C9H13ClN2O2S2. The van der Waals surface area contributed by atoms with Gasteiger partial charge in [-0.3, -0.25) is 4.90 Å². The Morgan fingerprint density at radius 3 is 2.50 bits per heavy atom. The summed E-state index contributed by atoms with van der Waals surface area (Å²) in [6.07, 6.45) is 0. The van der Waals surface area contributed by atoms with Crippen molar-refractivity contribution in [1.82, 2.24) is 9.21 Å². The molecule has 0 unspecified atom stereocenters. The third-order valence-electron chi connectivity index (χ3n) is 2.60. The molecule has 7 heteroatoms. The zero-order chi connectivity index (χ0) is 11.6. The molecule has 0 bridgehead atoms. The molecule has 0 aromatic carbocycles. The van der Waals surface area contributed by atoms with Gasteiger partial charge in [0.15, 0.2) is 0 Å². The number of hydrogen-bond acceptors (Lipinski definition) is 4. The van der Waals surface area contributed by atoms with Crippen LogP contribution in [0.5, 0.6) is 0 Å². The average molecular weight is 281 g/mol. The van der Waals surface area contributed by atoms with Gasteiger partial charge in [0.05, 0.1) is 0 Å². The molecule has 0 amide bonds. The molecule has 90 valence electrons. The number of hydrogen-bond donors (Lipinski definition) is 0. The second-order valence-electron chi connectivity index (χ2n) is 3.70. The van der Waals surface area contributed by atoms with Crippen LogP contribution in [-0.2, 0) is 15.8 Å². The Bertz CT molecular complexity index is 424. The van der Waals surface area contributed by atoms with Crippen molar-refractivity contribution in [2.24, 2.45) is 0 Å². The normalized spacial score (nSPS) is 20.1. The molecule has 0 N–H and O–H groups in total. The standard InChI is InChI=1S/C9H13ClN2O2S2/c10-16(13,14)12-5-3-11(4-6-12)8-9-2-1-7-15-9/h1-2,7H,3-6,8H2. The minimum absolute atomic E-state index is 0.483. The van der Waals surface area contributed by atoms with Gasteiger partial charge in [-0.2, -0.15) is 12.7 Å². The predicted molar refractivity (Wildman–Crippen MR) is 65.9 cm³/mol. The Kier molecular flexibility index (Phi) is 3.86. The van der Waals surface area contributed by atoms with E-state index in [-0.39, 0.29) is 0 Å². The van der Waals surface area contributed by atoms with E-state index in [1.807, 2.05) is 6.07 Å². The van der Waals surface area contributed by atoms with Crippen LogP contribution in [0, 0.1) is 0 Å². The SMILES string of the molecule is O=S(=O)(Cl)N1CCN(Cc2cccs2)CC1. The zero-order valence-electron chi connectivity index (χ0n) is 8.67. The highest BCUT2D eigenvalue weighted by Gasteiger charge is 2.24.